The molecule has 5 nitrogen and oxygen atoms in total. The predicted molar refractivity (Wildman–Crippen MR) is 94.1 cm³/mol. The maximum Gasteiger partial charge on any atom is 0.191 e. The van der Waals surface area contributed by atoms with Crippen molar-refractivity contribution in [2.24, 2.45) is 10.9 Å². The second-order valence-electron chi connectivity index (χ2n) is 6.52. The molecule has 1 saturated carbocycles. The molecule has 130 valence electrons. The van der Waals surface area contributed by atoms with Crippen molar-refractivity contribution in [3.05, 3.63) is 0 Å². The lowest BCUT2D eigenvalue weighted by Crippen LogP contribution is -2.43. The van der Waals surface area contributed by atoms with Crippen LogP contribution < -0.4 is 10.6 Å². The molecule has 1 fully saturated rings. The molecule has 0 aliphatic heterocycles. The highest BCUT2D eigenvalue weighted by molar-refractivity contribution is 7.90. The van der Waals surface area contributed by atoms with Crippen molar-refractivity contribution in [1.29, 1.82) is 0 Å². The smallest absolute Gasteiger partial charge is 0.191 e. The van der Waals surface area contributed by atoms with Crippen LogP contribution in [0.25, 0.3) is 0 Å². The molecule has 1 aliphatic carbocycles. The van der Waals surface area contributed by atoms with E-state index >= 15 is 0 Å². The van der Waals surface area contributed by atoms with Crippen molar-refractivity contribution in [3.63, 3.8) is 0 Å². The van der Waals surface area contributed by atoms with Crippen molar-refractivity contribution in [1.82, 2.24) is 10.6 Å². The van der Waals surface area contributed by atoms with Gasteiger partial charge >= 0.3 is 0 Å². The molecule has 1 unspecified atom stereocenters. The molecular weight excluding hydrogens is 298 g/mol. The standard InChI is InChI=1S/C16H33N3O2S/c1-4-17-16(19-14(2)11-13-22(3,20)21)18-12-10-15-8-6-5-7-9-15/h14-15H,4-13H2,1-3H3,(H2,17,18,19). The summed E-state index contributed by atoms with van der Waals surface area (Å²) < 4.78 is 22.4. The zero-order valence-corrected chi connectivity index (χ0v) is 15.2. The molecule has 1 atom stereocenters. The lowest BCUT2D eigenvalue weighted by molar-refractivity contribution is 0.343. The van der Waals surface area contributed by atoms with E-state index in [1.165, 1.54) is 38.4 Å². The van der Waals surface area contributed by atoms with Gasteiger partial charge in [0.25, 0.3) is 0 Å². The van der Waals surface area contributed by atoms with Crippen LogP contribution in [0, 0.1) is 5.92 Å². The first-order valence-corrected chi connectivity index (χ1v) is 10.7. The zero-order chi connectivity index (χ0) is 16.4. The highest BCUT2D eigenvalue weighted by Crippen LogP contribution is 2.25. The quantitative estimate of drug-likeness (QED) is 0.529. The molecule has 0 radical (unpaired) electrons. The zero-order valence-electron chi connectivity index (χ0n) is 14.4. The maximum absolute atomic E-state index is 11.2. The molecule has 0 saturated heterocycles. The summed E-state index contributed by atoms with van der Waals surface area (Å²) in [5, 5.41) is 6.54. The number of guanidine groups is 1. The van der Waals surface area contributed by atoms with Gasteiger partial charge in [-0.3, -0.25) is 4.99 Å². The minimum Gasteiger partial charge on any atom is -0.357 e. The number of nitrogens with zero attached hydrogens (tertiary/aromatic N) is 1. The summed E-state index contributed by atoms with van der Waals surface area (Å²) >= 11 is 0. The number of aliphatic imine (C=N–C) groups is 1. The second kappa shape index (κ2) is 10.1. The lowest BCUT2D eigenvalue weighted by Gasteiger charge is -2.21. The monoisotopic (exact) mass is 331 g/mol. The molecule has 1 rings (SSSR count). The fourth-order valence-corrected chi connectivity index (χ4v) is 3.63. The first-order chi connectivity index (χ1) is 10.4. The van der Waals surface area contributed by atoms with Crippen molar-refractivity contribution in [3.8, 4) is 0 Å². The predicted octanol–water partition coefficient (Wildman–Crippen LogP) is 2.34. The Morgan fingerprint density at radius 2 is 1.95 bits per heavy atom. The van der Waals surface area contributed by atoms with E-state index in [0.29, 0.717) is 6.42 Å². The van der Waals surface area contributed by atoms with Crippen LogP contribution in [0.1, 0.15) is 58.8 Å². The molecule has 0 aromatic rings. The van der Waals surface area contributed by atoms with Crippen molar-refractivity contribution in [2.45, 2.75) is 64.8 Å². The normalized spacial score (nSPS) is 19.0. The second-order valence-corrected chi connectivity index (χ2v) is 8.78. The Kier molecular flexibility index (Phi) is 8.83. The van der Waals surface area contributed by atoms with E-state index in [9.17, 15) is 8.42 Å². The highest BCUT2D eigenvalue weighted by atomic mass is 32.2. The average molecular weight is 332 g/mol. The minimum atomic E-state index is -2.90. The van der Waals surface area contributed by atoms with E-state index in [-0.39, 0.29) is 11.8 Å². The molecule has 0 bridgehead atoms. The number of hydrogen-bond donors (Lipinski definition) is 2. The van der Waals surface area contributed by atoms with Crippen LogP contribution in [-0.4, -0.2) is 45.5 Å². The third kappa shape index (κ3) is 9.28. The Morgan fingerprint density at radius 1 is 1.27 bits per heavy atom. The SMILES string of the molecule is CCNC(=NCCC1CCCCC1)NC(C)CCS(C)(=O)=O. The first-order valence-electron chi connectivity index (χ1n) is 8.63. The maximum atomic E-state index is 11.2. The van der Waals surface area contributed by atoms with E-state index in [4.69, 9.17) is 0 Å². The van der Waals surface area contributed by atoms with Crippen molar-refractivity contribution in [2.75, 3.05) is 25.1 Å². The van der Waals surface area contributed by atoms with Crippen LogP contribution >= 0.6 is 0 Å². The van der Waals surface area contributed by atoms with E-state index in [2.05, 4.69) is 15.6 Å². The Labute approximate surface area is 136 Å². The number of nitrogens with one attached hydrogen (secondary N) is 2. The molecule has 0 spiro atoms. The van der Waals surface area contributed by atoms with Gasteiger partial charge in [-0.2, -0.15) is 0 Å². The largest absolute Gasteiger partial charge is 0.357 e. The molecule has 0 amide bonds. The molecule has 6 heteroatoms. The van der Waals surface area contributed by atoms with Gasteiger partial charge in [0.2, 0.25) is 0 Å². The van der Waals surface area contributed by atoms with Crippen LogP contribution in [0.2, 0.25) is 0 Å². The summed E-state index contributed by atoms with van der Waals surface area (Å²) in [5.74, 6) is 1.85. The summed E-state index contributed by atoms with van der Waals surface area (Å²) in [4.78, 5) is 4.64. The minimum absolute atomic E-state index is 0.0993. The van der Waals surface area contributed by atoms with E-state index in [1.807, 2.05) is 13.8 Å². The van der Waals surface area contributed by atoms with Gasteiger partial charge in [0.05, 0.1) is 5.75 Å². The Balaban J connectivity index is 2.36. The Hall–Kier alpha value is -0.780. The fourth-order valence-electron chi connectivity index (χ4n) is 2.85. The average Bonchev–Trinajstić information content (AvgIpc) is 2.46. The van der Waals surface area contributed by atoms with Crippen molar-refractivity contribution >= 4 is 15.8 Å². The van der Waals surface area contributed by atoms with Crippen LogP contribution in [0.4, 0.5) is 0 Å². The van der Waals surface area contributed by atoms with Gasteiger partial charge in [0.1, 0.15) is 9.84 Å². The van der Waals surface area contributed by atoms with Gasteiger partial charge in [-0.15, -0.1) is 0 Å². The van der Waals surface area contributed by atoms with Crippen LogP contribution in [0.15, 0.2) is 4.99 Å². The highest BCUT2D eigenvalue weighted by Gasteiger charge is 2.13. The van der Waals surface area contributed by atoms with Gasteiger partial charge in [0, 0.05) is 25.4 Å². The molecule has 1 aliphatic rings. The molecule has 0 aromatic heterocycles. The fraction of sp³-hybridized carbons (Fsp3) is 0.938. The van der Waals surface area contributed by atoms with Gasteiger partial charge in [0.15, 0.2) is 5.96 Å². The van der Waals surface area contributed by atoms with Gasteiger partial charge < -0.3 is 10.6 Å². The Bertz CT molecular complexity index is 429. The van der Waals surface area contributed by atoms with Crippen molar-refractivity contribution < 1.29 is 8.42 Å². The van der Waals surface area contributed by atoms with Gasteiger partial charge in [-0.1, -0.05) is 32.1 Å². The molecule has 2 N–H and O–H groups in total. The van der Waals surface area contributed by atoms with Crippen LogP contribution in [-0.2, 0) is 9.84 Å². The number of hydrogen-bond acceptors (Lipinski definition) is 3. The van der Waals surface area contributed by atoms with Gasteiger partial charge in [-0.25, -0.2) is 8.42 Å². The third-order valence-corrected chi connectivity index (χ3v) is 5.16. The lowest BCUT2D eigenvalue weighted by atomic mass is 9.87. The molecule has 0 aromatic carbocycles. The van der Waals surface area contributed by atoms with Gasteiger partial charge in [-0.05, 0) is 32.6 Å². The molecular formula is C16H33N3O2S. The molecule has 0 heterocycles. The van der Waals surface area contributed by atoms with E-state index in [0.717, 1.165) is 31.4 Å². The summed E-state index contributed by atoms with van der Waals surface area (Å²) in [5.41, 5.74) is 0. The summed E-state index contributed by atoms with van der Waals surface area (Å²) in [7, 11) is -2.90. The van der Waals surface area contributed by atoms with Crippen LogP contribution in [0.5, 0.6) is 0 Å². The van der Waals surface area contributed by atoms with Crippen LogP contribution in [0.3, 0.4) is 0 Å². The first kappa shape index (κ1) is 19.3. The summed E-state index contributed by atoms with van der Waals surface area (Å²) in [6.45, 7) is 5.70. The third-order valence-electron chi connectivity index (χ3n) is 4.18. The number of rotatable bonds is 8. The summed E-state index contributed by atoms with van der Waals surface area (Å²) in [6, 6.07) is 0.0993. The van der Waals surface area contributed by atoms with E-state index < -0.39 is 9.84 Å². The molecule has 22 heavy (non-hydrogen) atoms. The summed E-state index contributed by atoms with van der Waals surface area (Å²) in [6.07, 6.45) is 9.88. The van der Waals surface area contributed by atoms with E-state index in [1.54, 1.807) is 0 Å². The topological polar surface area (TPSA) is 70.6 Å². The Morgan fingerprint density at radius 3 is 2.55 bits per heavy atom. The number of sulfone groups is 1.